The van der Waals surface area contributed by atoms with Gasteiger partial charge >= 0.3 is 13.5 Å². The summed E-state index contributed by atoms with van der Waals surface area (Å²) in [5.74, 6) is -0.734. The highest BCUT2D eigenvalue weighted by molar-refractivity contribution is 7.66. The maximum absolute atomic E-state index is 13.8. The second kappa shape index (κ2) is 9.68. The fourth-order valence-electron chi connectivity index (χ4n) is 2.35. The van der Waals surface area contributed by atoms with Crippen molar-refractivity contribution in [2.75, 3.05) is 7.11 Å². The summed E-state index contributed by atoms with van der Waals surface area (Å²) in [6.45, 7) is 3.22. The number of aryl methyl sites for hydroxylation is 1. The van der Waals surface area contributed by atoms with Crippen LogP contribution in [0.15, 0.2) is 53.0 Å². The molecule has 0 aromatic heterocycles. The van der Waals surface area contributed by atoms with Crippen LogP contribution in [0, 0.1) is 6.92 Å². The maximum atomic E-state index is 13.8. The molecule has 2 rings (SSSR count). The molecule has 2 aromatic carbocycles. The van der Waals surface area contributed by atoms with Crippen LogP contribution in [-0.4, -0.2) is 18.9 Å². The van der Waals surface area contributed by atoms with E-state index in [0.717, 1.165) is 6.08 Å². The average Bonchev–Trinajstić information content (AvgIpc) is 2.65. The van der Waals surface area contributed by atoms with Crippen molar-refractivity contribution < 1.29 is 18.6 Å². The summed E-state index contributed by atoms with van der Waals surface area (Å²) < 4.78 is 28.1. The third-order valence-corrected chi connectivity index (χ3v) is 7.05. The topological polar surface area (TPSA) is 91.0 Å². The summed E-state index contributed by atoms with van der Waals surface area (Å²) in [6.07, 6.45) is 1.06. The number of hydrogen-bond acceptors (Lipinski definition) is 4. The van der Waals surface area contributed by atoms with Gasteiger partial charge in [-0.05, 0) is 37.6 Å². The molecule has 0 aliphatic rings. The monoisotopic (exact) mass is 474 g/mol. The van der Waals surface area contributed by atoms with E-state index in [-0.39, 0.29) is 26.7 Å². The van der Waals surface area contributed by atoms with Crippen molar-refractivity contribution in [3.8, 4) is 0 Å². The number of amidine groups is 1. The minimum atomic E-state index is -3.93. The van der Waals surface area contributed by atoms with Gasteiger partial charge in [0.25, 0.3) is 0 Å². The number of carbonyl (C=O) groups is 1. The van der Waals surface area contributed by atoms with Gasteiger partial charge in [0.05, 0.1) is 33.6 Å². The summed E-state index contributed by atoms with van der Waals surface area (Å²) in [7, 11) is -2.71. The number of rotatable bonds is 6. The Morgan fingerprint density at radius 1 is 1.17 bits per heavy atom. The van der Waals surface area contributed by atoms with Gasteiger partial charge in [-0.25, -0.2) is 9.36 Å². The number of nitrogens with zero attached hydrogens (tertiary/aromatic N) is 1. The van der Waals surface area contributed by atoms with Crippen molar-refractivity contribution in [1.82, 2.24) is 0 Å². The fraction of sp³-hybridized carbons (Fsp3) is 0.158. The first kappa shape index (κ1) is 23.3. The molecule has 0 bridgehead atoms. The third kappa shape index (κ3) is 5.77. The smallest absolute Gasteiger partial charge is 0.394 e. The van der Waals surface area contributed by atoms with Crippen molar-refractivity contribution in [3.63, 3.8) is 0 Å². The molecular formula is C19H18Cl3N2O4P. The molecule has 0 spiro atoms. The molecule has 29 heavy (non-hydrogen) atoms. The Hall–Kier alpha value is -1.98. The fourth-order valence-corrected chi connectivity index (χ4v) is 4.83. The van der Waals surface area contributed by atoms with Crippen LogP contribution < -0.4 is 11.0 Å². The van der Waals surface area contributed by atoms with Crippen molar-refractivity contribution in [3.05, 3.63) is 74.4 Å². The molecule has 0 amide bonds. The molecule has 0 heterocycles. The van der Waals surface area contributed by atoms with Crippen molar-refractivity contribution >= 4 is 59.4 Å². The van der Waals surface area contributed by atoms with Gasteiger partial charge in [0.15, 0.2) is 0 Å². The van der Waals surface area contributed by atoms with Crippen LogP contribution in [0.1, 0.15) is 18.1 Å². The van der Waals surface area contributed by atoms with Gasteiger partial charge in [0.1, 0.15) is 11.6 Å². The highest BCUT2D eigenvalue weighted by Gasteiger charge is 2.30. The van der Waals surface area contributed by atoms with Crippen LogP contribution in [0.25, 0.3) is 0 Å². The third-order valence-electron chi connectivity index (χ3n) is 3.73. The van der Waals surface area contributed by atoms with Crippen molar-refractivity contribution in [2.24, 2.45) is 10.5 Å². The molecule has 0 aliphatic carbocycles. The molecule has 6 nitrogen and oxygen atoms in total. The Kier molecular flexibility index (Phi) is 7.78. The predicted octanol–water partition coefficient (Wildman–Crippen LogP) is 5.27. The summed E-state index contributed by atoms with van der Waals surface area (Å²) >= 11 is 18.1. The lowest BCUT2D eigenvalue weighted by Gasteiger charge is -2.18. The number of ether oxygens (including phenoxy) is 1. The van der Waals surface area contributed by atoms with Gasteiger partial charge in [-0.15, -0.1) is 0 Å². The molecule has 0 fully saturated rings. The number of allylic oxidation sites excluding steroid dienone is 1. The molecule has 2 aromatic rings. The highest BCUT2D eigenvalue weighted by atomic mass is 35.5. The molecule has 0 saturated carbocycles. The van der Waals surface area contributed by atoms with E-state index >= 15 is 0 Å². The van der Waals surface area contributed by atoms with E-state index in [1.807, 2.05) is 0 Å². The van der Waals surface area contributed by atoms with Gasteiger partial charge in [-0.1, -0.05) is 53.0 Å². The molecule has 154 valence electrons. The number of hydrogen-bond donors (Lipinski definition) is 1. The zero-order chi connectivity index (χ0) is 21.8. The van der Waals surface area contributed by atoms with Crippen LogP contribution in [-0.2, 0) is 18.6 Å². The van der Waals surface area contributed by atoms with Gasteiger partial charge in [-0.3, -0.25) is 0 Å². The largest absolute Gasteiger partial charge is 0.466 e. The van der Waals surface area contributed by atoms with E-state index in [2.05, 4.69) is 9.50 Å². The van der Waals surface area contributed by atoms with Crippen LogP contribution in [0.2, 0.25) is 15.1 Å². The molecule has 1 atom stereocenters. The van der Waals surface area contributed by atoms with Crippen LogP contribution in [0.3, 0.4) is 0 Å². The Morgan fingerprint density at radius 3 is 2.31 bits per heavy atom. The first-order valence-electron chi connectivity index (χ1n) is 8.20. The normalized spacial score (nSPS) is 14.3. The van der Waals surface area contributed by atoms with E-state index in [1.54, 1.807) is 31.2 Å². The summed E-state index contributed by atoms with van der Waals surface area (Å²) in [5.41, 5.74) is 7.07. The molecule has 2 N–H and O–H groups in total. The van der Waals surface area contributed by atoms with E-state index < -0.39 is 13.5 Å². The summed E-state index contributed by atoms with van der Waals surface area (Å²) in [5, 5.41) is 0.827. The van der Waals surface area contributed by atoms with Crippen LogP contribution in [0.4, 0.5) is 0 Å². The second-order valence-electron chi connectivity index (χ2n) is 5.92. The lowest BCUT2D eigenvalue weighted by molar-refractivity contribution is -0.135. The number of halogens is 3. The number of methoxy groups -OCH3 is 1. The molecular weight excluding hydrogens is 458 g/mol. The maximum Gasteiger partial charge on any atom is 0.394 e. The first-order valence-corrected chi connectivity index (χ1v) is 10.9. The molecule has 0 aliphatic heterocycles. The van der Waals surface area contributed by atoms with Gasteiger partial charge in [0, 0.05) is 5.56 Å². The number of carbonyl (C=O) groups excluding carboxylic acids is 1. The lowest BCUT2D eigenvalue weighted by Crippen LogP contribution is -2.17. The van der Waals surface area contributed by atoms with Crippen LogP contribution in [0.5, 0.6) is 0 Å². The van der Waals surface area contributed by atoms with Gasteiger partial charge < -0.3 is 15.0 Å². The minimum absolute atomic E-state index is 0.0483. The van der Waals surface area contributed by atoms with E-state index in [0.29, 0.717) is 16.4 Å². The van der Waals surface area contributed by atoms with Crippen molar-refractivity contribution in [1.29, 1.82) is 0 Å². The van der Waals surface area contributed by atoms with Crippen molar-refractivity contribution in [2.45, 2.75) is 13.8 Å². The zero-order valence-corrected chi connectivity index (χ0v) is 18.9. The number of benzene rings is 2. The first-order chi connectivity index (χ1) is 13.6. The lowest BCUT2D eigenvalue weighted by atomic mass is 10.2. The second-order valence-corrected chi connectivity index (χ2v) is 9.01. The molecule has 10 heteroatoms. The van der Waals surface area contributed by atoms with Crippen LogP contribution >= 0.6 is 42.3 Å². The quantitative estimate of drug-likeness (QED) is 0.117. The standard InChI is InChI=1S/C19H18Cl3N2O4P/c1-11-6-4-5-7-16(11)29(26,28-12(2)8-17(25)27-3)24-19(23)13-9-14(20)18(22)15(21)10-13/h4-10H,1-3H3,(H2,23,24,26)/b12-8+. The average molecular weight is 476 g/mol. The van der Waals surface area contributed by atoms with Gasteiger partial charge in [0.2, 0.25) is 0 Å². The predicted molar refractivity (Wildman–Crippen MR) is 117 cm³/mol. The molecule has 0 saturated heterocycles. The Morgan fingerprint density at radius 2 is 1.76 bits per heavy atom. The minimum Gasteiger partial charge on any atom is -0.466 e. The number of esters is 1. The summed E-state index contributed by atoms with van der Waals surface area (Å²) in [6, 6.07) is 9.75. The van der Waals surface area contributed by atoms with E-state index in [1.165, 1.54) is 26.2 Å². The molecule has 1 unspecified atom stereocenters. The summed E-state index contributed by atoms with van der Waals surface area (Å²) in [4.78, 5) is 11.5. The zero-order valence-electron chi connectivity index (χ0n) is 15.8. The Balaban J connectivity index is 2.60. The SMILES string of the molecule is COC(=O)/C=C(\C)OP(=O)(/N=C(/N)c1cc(Cl)c(Cl)c(Cl)c1)c1ccccc1C. The van der Waals surface area contributed by atoms with Gasteiger partial charge in [-0.2, -0.15) is 4.76 Å². The number of nitrogens with two attached hydrogens (primary N) is 1. The highest BCUT2D eigenvalue weighted by Crippen LogP contribution is 2.50. The molecule has 0 radical (unpaired) electrons. The Labute approximate surface area is 183 Å². The van der Waals surface area contributed by atoms with E-state index in [4.69, 9.17) is 45.1 Å². The Bertz CT molecular complexity index is 1030. The van der Waals surface area contributed by atoms with E-state index in [9.17, 15) is 9.36 Å².